The minimum Gasteiger partial charge on any atom is -0.355 e. The Labute approximate surface area is 160 Å². The first-order chi connectivity index (χ1) is 12.6. The number of hydrogen-bond donors (Lipinski definition) is 1. The third-order valence-electron chi connectivity index (χ3n) is 5.22. The minimum atomic E-state index is 0.0699. The first kappa shape index (κ1) is 19.0. The highest BCUT2D eigenvalue weighted by Crippen LogP contribution is 2.26. The second-order valence-electron chi connectivity index (χ2n) is 7.18. The molecule has 1 amide bonds. The number of nitrogens with zero attached hydrogens (tertiary/aromatic N) is 3. The molecule has 0 radical (unpaired) electrons. The summed E-state index contributed by atoms with van der Waals surface area (Å²) < 4.78 is 1.94. The number of amides is 1. The highest BCUT2D eigenvalue weighted by Gasteiger charge is 2.14. The average Bonchev–Trinajstić information content (AvgIpc) is 3.12. The maximum atomic E-state index is 12.1. The van der Waals surface area contributed by atoms with Crippen LogP contribution in [0, 0.1) is 19.8 Å². The fraction of sp³-hybridized carbons (Fsp3) is 0.550. The van der Waals surface area contributed by atoms with E-state index in [9.17, 15) is 4.79 Å². The van der Waals surface area contributed by atoms with Gasteiger partial charge in [0.1, 0.15) is 6.33 Å². The summed E-state index contributed by atoms with van der Waals surface area (Å²) in [5.74, 6) is 1.24. The summed E-state index contributed by atoms with van der Waals surface area (Å²) >= 11 is 1.43. The van der Waals surface area contributed by atoms with Crippen LogP contribution in [0.1, 0.15) is 49.7 Å². The second kappa shape index (κ2) is 9.21. The van der Waals surface area contributed by atoms with Gasteiger partial charge in [0.05, 0.1) is 5.75 Å². The van der Waals surface area contributed by atoms with Gasteiger partial charge in [-0.15, -0.1) is 10.2 Å². The van der Waals surface area contributed by atoms with Gasteiger partial charge >= 0.3 is 0 Å². The first-order valence-corrected chi connectivity index (χ1v) is 10.5. The summed E-state index contributed by atoms with van der Waals surface area (Å²) in [5.41, 5.74) is 3.51. The van der Waals surface area contributed by atoms with Crippen molar-refractivity contribution in [1.82, 2.24) is 20.1 Å². The number of aromatic nitrogens is 3. The Morgan fingerprint density at radius 1 is 1.23 bits per heavy atom. The van der Waals surface area contributed by atoms with Crippen molar-refractivity contribution in [3.05, 3.63) is 35.7 Å². The van der Waals surface area contributed by atoms with Gasteiger partial charge in [0, 0.05) is 12.2 Å². The molecule has 0 unspecified atom stereocenters. The molecule has 2 aromatic rings. The molecule has 3 rings (SSSR count). The maximum absolute atomic E-state index is 12.1. The quantitative estimate of drug-likeness (QED) is 0.745. The SMILES string of the molecule is Cc1ccc(-n2cnnc2SCC(=O)NCCC2CCCCC2)cc1C. The van der Waals surface area contributed by atoms with Crippen molar-refractivity contribution in [2.45, 2.75) is 57.5 Å². The summed E-state index contributed by atoms with van der Waals surface area (Å²) in [7, 11) is 0. The van der Waals surface area contributed by atoms with Crippen molar-refractivity contribution in [3.63, 3.8) is 0 Å². The van der Waals surface area contributed by atoms with Crippen LogP contribution in [0.15, 0.2) is 29.7 Å². The van der Waals surface area contributed by atoms with Gasteiger partial charge in [0.25, 0.3) is 0 Å². The fourth-order valence-electron chi connectivity index (χ4n) is 3.45. The van der Waals surface area contributed by atoms with Crippen LogP contribution in [-0.4, -0.2) is 33.0 Å². The Morgan fingerprint density at radius 3 is 2.81 bits per heavy atom. The van der Waals surface area contributed by atoms with Crippen molar-refractivity contribution >= 4 is 17.7 Å². The zero-order valence-electron chi connectivity index (χ0n) is 15.7. The van der Waals surface area contributed by atoms with E-state index in [0.29, 0.717) is 5.75 Å². The van der Waals surface area contributed by atoms with E-state index in [4.69, 9.17) is 0 Å². The van der Waals surface area contributed by atoms with Crippen LogP contribution >= 0.6 is 11.8 Å². The third-order valence-corrected chi connectivity index (χ3v) is 6.16. The number of hydrogen-bond acceptors (Lipinski definition) is 4. The van der Waals surface area contributed by atoms with E-state index < -0.39 is 0 Å². The summed E-state index contributed by atoms with van der Waals surface area (Å²) in [6.07, 6.45) is 9.53. The van der Waals surface area contributed by atoms with Gasteiger partial charge in [0.15, 0.2) is 5.16 Å². The van der Waals surface area contributed by atoms with Gasteiger partial charge in [-0.3, -0.25) is 9.36 Å². The molecule has 1 N–H and O–H groups in total. The van der Waals surface area contributed by atoms with Gasteiger partial charge < -0.3 is 5.32 Å². The van der Waals surface area contributed by atoms with E-state index in [0.717, 1.165) is 29.7 Å². The molecule has 5 nitrogen and oxygen atoms in total. The van der Waals surface area contributed by atoms with Crippen molar-refractivity contribution < 1.29 is 4.79 Å². The third kappa shape index (κ3) is 5.10. The lowest BCUT2D eigenvalue weighted by atomic mass is 9.87. The molecule has 1 aliphatic carbocycles. The van der Waals surface area contributed by atoms with Gasteiger partial charge in [-0.25, -0.2) is 0 Å². The first-order valence-electron chi connectivity index (χ1n) is 9.50. The van der Waals surface area contributed by atoms with Crippen molar-refractivity contribution in [2.24, 2.45) is 5.92 Å². The lowest BCUT2D eigenvalue weighted by Gasteiger charge is -2.21. The lowest BCUT2D eigenvalue weighted by molar-refractivity contribution is -0.118. The van der Waals surface area contributed by atoms with E-state index in [1.807, 2.05) is 4.57 Å². The van der Waals surface area contributed by atoms with Crippen LogP contribution in [0.2, 0.25) is 0 Å². The van der Waals surface area contributed by atoms with Gasteiger partial charge in [-0.05, 0) is 49.4 Å². The van der Waals surface area contributed by atoms with Crippen molar-refractivity contribution in [3.8, 4) is 5.69 Å². The van der Waals surface area contributed by atoms with Crippen LogP contribution in [0.4, 0.5) is 0 Å². The molecule has 1 aromatic heterocycles. The average molecular weight is 373 g/mol. The Kier molecular flexibility index (Phi) is 6.72. The predicted molar refractivity (Wildman–Crippen MR) is 106 cm³/mol. The Bertz CT molecular complexity index is 737. The van der Waals surface area contributed by atoms with Crippen LogP contribution in [0.3, 0.4) is 0 Å². The highest BCUT2D eigenvalue weighted by molar-refractivity contribution is 7.99. The number of nitrogens with one attached hydrogen (secondary N) is 1. The monoisotopic (exact) mass is 372 g/mol. The fourth-order valence-corrected chi connectivity index (χ4v) is 4.21. The zero-order chi connectivity index (χ0) is 18.4. The van der Waals surface area contributed by atoms with E-state index >= 15 is 0 Å². The normalized spacial score (nSPS) is 15.2. The van der Waals surface area contributed by atoms with Crippen LogP contribution in [0.5, 0.6) is 0 Å². The number of aryl methyl sites for hydroxylation is 2. The molecular formula is C20H28N4OS. The summed E-state index contributed by atoms with van der Waals surface area (Å²) in [5, 5.41) is 12.0. The van der Waals surface area contributed by atoms with Crippen LogP contribution in [0.25, 0.3) is 5.69 Å². The van der Waals surface area contributed by atoms with Gasteiger partial charge in [0.2, 0.25) is 5.91 Å². The number of carbonyl (C=O) groups excluding carboxylic acids is 1. The molecule has 0 atom stereocenters. The topological polar surface area (TPSA) is 59.8 Å². The minimum absolute atomic E-state index is 0.0699. The molecular weight excluding hydrogens is 344 g/mol. The standard InChI is InChI=1S/C20H28N4OS/c1-15-8-9-18(12-16(15)2)24-14-22-23-20(24)26-13-19(25)21-11-10-17-6-4-3-5-7-17/h8-9,12,14,17H,3-7,10-11,13H2,1-2H3,(H,21,25). The van der Waals surface area contributed by atoms with E-state index in [2.05, 4.69) is 47.6 Å². The Hall–Kier alpha value is -1.82. The van der Waals surface area contributed by atoms with Gasteiger partial charge in [-0.1, -0.05) is 49.9 Å². The largest absolute Gasteiger partial charge is 0.355 e. The number of benzene rings is 1. The van der Waals surface area contributed by atoms with Crippen molar-refractivity contribution in [1.29, 1.82) is 0 Å². The smallest absolute Gasteiger partial charge is 0.230 e. The summed E-state index contributed by atoms with van der Waals surface area (Å²) in [6.45, 7) is 4.97. The zero-order valence-corrected chi connectivity index (χ0v) is 16.5. The molecule has 0 aliphatic heterocycles. The molecule has 140 valence electrons. The summed E-state index contributed by atoms with van der Waals surface area (Å²) in [6, 6.07) is 6.27. The molecule has 0 saturated heterocycles. The summed E-state index contributed by atoms with van der Waals surface area (Å²) in [4.78, 5) is 12.1. The molecule has 1 aliphatic rings. The maximum Gasteiger partial charge on any atom is 0.230 e. The van der Waals surface area contributed by atoms with Crippen molar-refractivity contribution in [2.75, 3.05) is 12.3 Å². The number of rotatable bonds is 7. The lowest BCUT2D eigenvalue weighted by Crippen LogP contribution is -2.28. The van der Waals surface area contributed by atoms with Crippen LogP contribution in [-0.2, 0) is 4.79 Å². The molecule has 6 heteroatoms. The molecule has 26 heavy (non-hydrogen) atoms. The molecule has 1 fully saturated rings. The Balaban J connectivity index is 1.48. The molecule has 1 heterocycles. The molecule has 0 spiro atoms. The van der Waals surface area contributed by atoms with Crippen LogP contribution < -0.4 is 5.32 Å². The van der Waals surface area contributed by atoms with Gasteiger partial charge in [-0.2, -0.15) is 0 Å². The second-order valence-corrected chi connectivity index (χ2v) is 8.13. The van der Waals surface area contributed by atoms with E-state index in [-0.39, 0.29) is 5.91 Å². The predicted octanol–water partition coefficient (Wildman–Crippen LogP) is 4.06. The number of thioether (sulfide) groups is 1. The molecule has 1 aromatic carbocycles. The van der Waals surface area contributed by atoms with E-state index in [1.54, 1.807) is 6.33 Å². The highest BCUT2D eigenvalue weighted by atomic mass is 32.2. The Morgan fingerprint density at radius 2 is 2.04 bits per heavy atom. The van der Waals surface area contributed by atoms with E-state index in [1.165, 1.54) is 55.0 Å². The molecule has 1 saturated carbocycles. The molecule has 0 bridgehead atoms. The number of carbonyl (C=O) groups is 1.